The molecule has 1 aliphatic rings. The minimum Gasteiger partial charge on any atom is -0.457 e. The Labute approximate surface area is 197 Å². The molecule has 4 aromatic rings. The smallest absolute Gasteiger partial charge is 0.237 e. The summed E-state index contributed by atoms with van der Waals surface area (Å²) in [6.45, 7) is 4.93. The van der Waals surface area contributed by atoms with E-state index in [1.165, 1.54) is 0 Å². The molecule has 0 amide bonds. The molecule has 1 saturated heterocycles. The minimum absolute atomic E-state index is 0.0611. The topological polar surface area (TPSA) is 59.5 Å². The summed E-state index contributed by atoms with van der Waals surface area (Å²) in [5.74, 6) is 3.48. The molecule has 0 saturated carbocycles. The molecule has 2 heterocycles. The maximum Gasteiger partial charge on any atom is 0.237 e. The normalized spacial score (nSPS) is 15.2. The molecule has 0 spiro atoms. The van der Waals surface area contributed by atoms with Crippen LogP contribution in [0.3, 0.4) is 0 Å². The number of hydrogen-bond acceptors (Lipinski definition) is 6. The third-order valence-corrected chi connectivity index (χ3v) is 5.52. The number of hydrogen-bond donors (Lipinski definition) is 1. The SMILES string of the molecule is C=C1NC[C@H](c2cccc(Oc3cnccn3)c2)N1c1ccc(Oc2ccc(Cl)cc2)cc1. The Morgan fingerprint density at radius 3 is 2.39 bits per heavy atom. The number of aromatic nitrogens is 2. The van der Waals surface area contributed by atoms with Crippen LogP contribution in [0.15, 0.2) is 104 Å². The van der Waals surface area contributed by atoms with Crippen molar-refractivity contribution >= 4 is 17.3 Å². The van der Waals surface area contributed by atoms with E-state index < -0.39 is 0 Å². The van der Waals surface area contributed by atoms with Gasteiger partial charge in [0.05, 0.1) is 18.1 Å². The molecule has 0 bridgehead atoms. The van der Waals surface area contributed by atoms with Crippen LogP contribution in [0.4, 0.5) is 5.69 Å². The first-order chi connectivity index (χ1) is 16.2. The lowest BCUT2D eigenvalue weighted by Crippen LogP contribution is -2.22. The fraction of sp³-hybridized carbons (Fsp3) is 0.0769. The zero-order chi connectivity index (χ0) is 22.6. The number of rotatable bonds is 6. The van der Waals surface area contributed by atoms with E-state index in [9.17, 15) is 0 Å². The standard InChI is InChI=1S/C26H21ClN4O2/c1-18-30-16-25(19-3-2-4-24(15-19)33-26-17-28-13-14-29-26)31(18)21-7-11-23(12-8-21)32-22-9-5-20(27)6-10-22/h2-15,17,25,30H,1,16H2/t25-/m1/s1. The Kier molecular flexibility index (Phi) is 5.83. The van der Waals surface area contributed by atoms with Crippen LogP contribution in [0, 0.1) is 0 Å². The summed E-state index contributed by atoms with van der Waals surface area (Å²) in [5, 5.41) is 4.05. The average Bonchev–Trinajstić information content (AvgIpc) is 3.23. The highest BCUT2D eigenvalue weighted by molar-refractivity contribution is 6.30. The van der Waals surface area contributed by atoms with Crippen LogP contribution in [0.5, 0.6) is 23.1 Å². The predicted molar refractivity (Wildman–Crippen MR) is 129 cm³/mol. The van der Waals surface area contributed by atoms with Crippen molar-refractivity contribution in [2.24, 2.45) is 0 Å². The molecule has 6 nitrogen and oxygen atoms in total. The van der Waals surface area contributed by atoms with Gasteiger partial charge in [0.1, 0.15) is 17.2 Å². The summed E-state index contributed by atoms with van der Waals surface area (Å²) in [6.07, 6.45) is 4.81. The van der Waals surface area contributed by atoms with E-state index in [0.29, 0.717) is 16.7 Å². The van der Waals surface area contributed by atoms with Crippen molar-refractivity contribution in [2.75, 3.05) is 11.4 Å². The van der Waals surface area contributed by atoms with Crippen molar-refractivity contribution in [3.63, 3.8) is 0 Å². The molecule has 7 heteroatoms. The predicted octanol–water partition coefficient (Wildman–Crippen LogP) is 6.34. The van der Waals surface area contributed by atoms with Crippen molar-refractivity contribution < 1.29 is 9.47 Å². The number of anilines is 1. The molecule has 0 unspecified atom stereocenters. The number of benzene rings is 3. The van der Waals surface area contributed by atoms with E-state index in [2.05, 4.69) is 32.8 Å². The molecular weight excluding hydrogens is 436 g/mol. The maximum absolute atomic E-state index is 5.95. The Bertz CT molecular complexity index is 1250. The van der Waals surface area contributed by atoms with E-state index >= 15 is 0 Å². The molecule has 1 N–H and O–H groups in total. The first kappa shape index (κ1) is 20.8. The lowest BCUT2D eigenvalue weighted by Gasteiger charge is -2.26. The lowest BCUT2D eigenvalue weighted by atomic mass is 10.1. The summed E-state index contributed by atoms with van der Waals surface area (Å²) in [4.78, 5) is 10.4. The van der Waals surface area contributed by atoms with Gasteiger partial charge < -0.3 is 19.7 Å². The van der Waals surface area contributed by atoms with Gasteiger partial charge in [-0.25, -0.2) is 4.98 Å². The summed E-state index contributed by atoms with van der Waals surface area (Å²) in [7, 11) is 0. The van der Waals surface area contributed by atoms with Crippen molar-refractivity contribution in [3.05, 3.63) is 114 Å². The van der Waals surface area contributed by atoms with Crippen LogP contribution in [0.1, 0.15) is 11.6 Å². The lowest BCUT2D eigenvalue weighted by molar-refractivity contribution is 0.459. The fourth-order valence-electron chi connectivity index (χ4n) is 3.74. The second-order valence-corrected chi connectivity index (χ2v) is 7.92. The van der Waals surface area contributed by atoms with Crippen molar-refractivity contribution in [1.29, 1.82) is 0 Å². The molecule has 0 aliphatic carbocycles. The Hall–Kier alpha value is -4.03. The van der Waals surface area contributed by atoms with Gasteiger partial charge in [-0.1, -0.05) is 30.3 Å². The largest absolute Gasteiger partial charge is 0.457 e. The average molecular weight is 457 g/mol. The zero-order valence-electron chi connectivity index (χ0n) is 17.7. The number of ether oxygens (including phenoxy) is 2. The Morgan fingerprint density at radius 1 is 0.909 bits per heavy atom. The first-order valence-corrected chi connectivity index (χ1v) is 10.8. The molecule has 164 valence electrons. The highest BCUT2D eigenvalue weighted by Crippen LogP contribution is 2.36. The van der Waals surface area contributed by atoms with Gasteiger partial charge in [-0.05, 0) is 66.2 Å². The first-order valence-electron chi connectivity index (χ1n) is 10.4. The van der Waals surface area contributed by atoms with E-state index in [1.807, 2.05) is 54.6 Å². The van der Waals surface area contributed by atoms with Crippen molar-refractivity contribution in [1.82, 2.24) is 15.3 Å². The van der Waals surface area contributed by atoms with Gasteiger partial charge in [0.2, 0.25) is 5.88 Å². The monoisotopic (exact) mass is 456 g/mol. The molecule has 0 radical (unpaired) electrons. The zero-order valence-corrected chi connectivity index (χ0v) is 18.4. The third-order valence-electron chi connectivity index (χ3n) is 5.27. The highest BCUT2D eigenvalue weighted by atomic mass is 35.5. The molecule has 5 rings (SSSR count). The van der Waals surface area contributed by atoms with E-state index in [0.717, 1.165) is 35.1 Å². The summed E-state index contributed by atoms with van der Waals surface area (Å²) in [6, 6.07) is 23.3. The van der Waals surface area contributed by atoms with Crippen LogP contribution < -0.4 is 19.7 Å². The quantitative estimate of drug-likeness (QED) is 0.365. The van der Waals surface area contributed by atoms with Crippen molar-refractivity contribution in [2.45, 2.75) is 6.04 Å². The highest BCUT2D eigenvalue weighted by Gasteiger charge is 2.29. The van der Waals surface area contributed by atoms with Gasteiger partial charge in [-0.2, -0.15) is 0 Å². The molecule has 1 aliphatic heterocycles. The Balaban J connectivity index is 1.35. The van der Waals surface area contributed by atoms with Gasteiger partial charge in [0.15, 0.2) is 0 Å². The molecule has 1 atom stereocenters. The minimum atomic E-state index is 0.0611. The summed E-state index contributed by atoms with van der Waals surface area (Å²) < 4.78 is 11.8. The van der Waals surface area contributed by atoms with Gasteiger partial charge in [0, 0.05) is 29.6 Å². The van der Waals surface area contributed by atoms with E-state index in [4.69, 9.17) is 21.1 Å². The Morgan fingerprint density at radius 2 is 1.67 bits per heavy atom. The molecule has 3 aromatic carbocycles. The fourth-order valence-corrected chi connectivity index (χ4v) is 3.87. The van der Waals surface area contributed by atoms with Crippen LogP contribution >= 0.6 is 11.6 Å². The second kappa shape index (κ2) is 9.22. The second-order valence-electron chi connectivity index (χ2n) is 7.48. The molecule has 1 fully saturated rings. The number of halogens is 1. The maximum atomic E-state index is 5.95. The molecule has 33 heavy (non-hydrogen) atoms. The third kappa shape index (κ3) is 4.76. The summed E-state index contributed by atoms with van der Waals surface area (Å²) in [5.41, 5.74) is 2.11. The van der Waals surface area contributed by atoms with E-state index in [-0.39, 0.29) is 6.04 Å². The van der Waals surface area contributed by atoms with E-state index in [1.54, 1.807) is 30.7 Å². The summed E-state index contributed by atoms with van der Waals surface area (Å²) >= 11 is 5.95. The molecule has 1 aromatic heterocycles. The number of nitrogens with zero attached hydrogens (tertiary/aromatic N) is 3. The van der Waals surface area contributed by atoms with Gasteiger partial charge >= 0.3 is 0 Å². The van der Waals surface area contributed by atoms with Crippen molar-refractivity contribution in [3.8, 4) is 23.1 Å². The molecular formula is C26H21ClN4O2. The van der Waals surface area contributed by atoms with Crippen LogP contribution in [-0.4, -0.2) is 16.5 Å². The number of nitrogens with one attached hydrogen (secondary N) is 1. The van der Waals surface area contributed by atoms with Gasteiger partial charge in [-0.15, -0.1) is 0 Å². The van der Waals surface area contributed by atoms with Crippen LogP contribution in [0.2, 0.25) is 5.02 Å². The van der Waals surface area contributed by atoms with Crippen LogP contribution in [-0.2, 0) is 0 Å². The van der Waals surface area contributed by atoms with Gasteiger partial charge in [-0.3, -0.25) is 4.98 Å². The van der Waals surface area contributed by atoms with Crippen LogP contribution in [0.25, 0.3) is 0 Å². The van der Waals surface area contributed by atoms with Gasteiger partial charge in [0.25, 0.3) is 0 Å².